The molecule has 0 radical (unpaired) electrons. The number of carboxylic acids is 1. The van der Waals surface area contributed by atoms with Crippen LogP contribution < -0.4 is 19.5 Å². The first-order chi connectivity index (χ1) is 10.6. The van der Waals surface area contributed by atoms with Gasteiger partial charge >= 0.3 is 0 Å². The smallest absolute Gasteiger partial charge is 0.131 e. The van der Waals surface area contributed by atoms with E-state index in [4.69, 9.17) is 9.47 Å². The molecule has 0 spiro atoms. The summed E-state index contributed by atoms with van der Waals surface area (Å²) >= 11 is 0. The van der Waals surface area contributed by atoms with Crippen molar-refractivity contribution in [2.45, 2.75) is 44.7 Å². The minimum Gasteiger partial charge on any atom is -0.544 e. The predicted octanol–water partition coefficient (Wildman–Crippen LogP) is 0.171. The normalized spacial score (nSPS) is 17.0. The van der Waals surface area contributed by atoms with Crippen molar-refractivity contribution in [3.8, 4) is 11.5 Å². The zero-order valence-electron chi connectivity index (χ0n) is 13.4. The zero-order chi connectivity index (χ0) is 15.9. The van der Waals surface area contributed by atoms with Crippen molar-refractivity contribution in [3.63, 3.8) is 0 Å². The Morgan fingerprint density at radius 1 is 1.23 bits per heavy atom. The molecular formula is C17H25NO4. The number of ether oxygens (including phenoxy) is 2. The molecule has 1 aliphatic carbocycles. The first kappa shape index (κ1) is 16.6. The van der Waals surface area contributed by atoms with Gasteiger partial charge in [0.15, 0.2) is 0 Å². The molecule has 2 rings (SSSR count). The van der Waals surface area contributed by atoms with E-state index in [2.05, 4.69) is 0 Å². The maximum absolute atomic E-state index is 11.1. The van der Waals surface area contributed by atoms with E-state index in [9.17, 15) is 9.90 Å². The number of methoxy groups -OCH3 is 2. The van der Waals surface area contributed by atoms with Gasteiger partial charge in [-0.3, -0.25) is 0 Å². The van der Waals surface area contributed by atoms with Crippen molar-refractivity contribution in [2.24, 2.45) is 0 Å². The van der Waals surface area contributed by atoms with Crippen LogP contribution in [0.25, 0.3) is 0 Å². The second-order valence-electron chi connectivity index (χ2n) is 5.90. The molecule has 1 atom stereocenters. The molecule has 22 heavy (non-hydrogen) atoms. The highest BCUT2D eigenvalue weighted by atomic mass is 16.5. The number of carbonyl (C=O) groups excluding carboxylic acids is 1. The van der Waals surface area contributed by atoms with Gasteiger partial charge in [0.05, 0.1) is 26.2 Å². The third-order valence-electron chi connectivity index (χ3n) is 4.47. The minimum absolute atomic E-state index is 0.0415. The number of aliphatic carboxylic acids is 1. The number of hydrogen-bond acceptors (Lipinski definition) is 4. The number of carboxylic acid groups (broad SMARTS) is 1. The van der Waals surface area contributed by atoms with Crippen molar-refractivity contribution in [1.82, 2.24) is 0 Å². The van der Waals surface area contributed by atoms with Crippen molar-refractivity contribution in [1.29, 1.82) is 0 Å². The second-order valence-corrected chi connectivity index (χ2v) is 5.90. The van der Waals surface area contributed by atoms with Crippen molar-refractivity contribution in [2.75, 3.05) is 20.8 Å². The average molecular weight is 307 g/mol. The van der Waals surface area contributed by atoms with Crippen LogP contribution in [0, 0.1) is 0 Å². The first-order valence-corrected chi connectivity index (χ1v) is 7.89. The van der Waals surface area contributed by atoms with Crippen LogP contribution >= 0.6 is 0 Å². The van der Waals surface area contributed by atoms with Gasteiger partial charge in [-0.25, -0.2) is 0 Å². The van der Waals surface area contributed by atoms with Crippen molar-refractivity contribution >= 4 is 5.97 Å². The van der Waals surface area contributed by atoms with Gasteiger partial charge in [0.1, 0.15) is 24.6 Å². The molecule has 5 heteroatoms. The van der Waals surface area contributed by atoms with Crippen LogP contribution in [0.15, 0.2) is 18.2 Å². The lowest BCUT2D eigenvalue weighted by Crippen LogP contribution is -3.15. The molecule has 0 aliphatic heterocycles. The highest BCUT2D eigenvalue weighted by Crippen LogP contribution is 2.24. The van der Waals surface area contributed by atoms with E-state index in [-0.39, 0.29) is 6.54 Å². The largest absolute Gasteiger partial charge is 0.544 e. The fraction of sp³-hybridized carbons (Fsp3) is 0.588. The number of hydrogen-bond donors (Lipinski definition) is 1. The van der Waals surface area contributed by atoms with Crippen molar-refractivity contribution in [3.05, 3.63) is 23.8 Å². The highest BCUT2D eigenvalue weighted by Gasteiger charge is 2.25. The van der Waals surface area contributed by atoms with Crippen LogP contribution in [0.3, 0.4) is 0 Å². The van der Waals surface area contributed by atoms with Gasteiger partial charge in [0.25, 0.3) is 0 Å². The van der Waals surface area contributed by atoms with E-state index in [0.29, 0.717) is 12.6 Å². The molecule has 1 fully saturated rings. The van der Waals surface area contributed by atoms with Gasteiger partial charge in [-0.15, -0.1) is 0 Å². The number of quaternary nitrogens is 1. The molecule has 1 aromatic carbocycles. The Hall–Kier alpha value is -1.75. The fourth-order valence-corrected chi connectivity index (χ4v) is 3.29. The van der Waals surface area contributed by atoms with Crippen LogP contribution in [-0.2, 0) is 11.3 Å². The number of rotatable bonds is 7. The summed E-state index contributed by atoms with van der Waals surface area (Å²) in [4.78, 5) is 12.2. The van der Waals surface area contributed by atoms with E-state index >= 15 is 0 Å². The Labute approximate surface area is 131 Å². The van der Waals surface area contributed by atoms with E-state index in [1.807, 2.05) is 18.2 Å². The topological polar surface area (TPSA) is 63.0 Å². The Balaban J connectivity index is 2.16. The first-order valence-electron chi connectivity index (χ1n) is 7.89. The molecule has 1 aliphatic rings. The van der Waals surface area contributed by atoms with Crippen LogP contribution in [0.5, 0.6) is 11.5 Å². The predicted molar refractivity (Wildman–Crippen MR) is 81.0 cm³/mol. The van der Waals surface area contributed by atoms with Crippen molar-refractivity contribution < 1.29 is 24.3 Å². The van der Waals surface area contributed by atoms with Crippen LogP contribution in [-0.4, -0.2) is 32.8 Å². The summed E-state index contributed by atoms with van der Waals surface area (Å²) in [6, 6.07) is 6.07. The van der Waals surface area contributed by atoms with E-state index in [1.165, 1.54) is 19.3 Å². The summed E-state index contributed by atoms with van der Waals surface area (Å²) in [5.74, 6) is 0.485. The standard InChI is InChI=1S/C17H25NO4/c1-21-15-9-8-13(16(10-15)22-2)11-18(12-17(19)20)14-6-4-3-5-7-14/h8-10,14H,3-7,11-12H2,1-2H3,(H,19,20). The number of benzene rings is 1. The summed E-state index contributed by atoms with van der Waals surface area (Å²) in [6.07, 6.45) is 5.78. The Morgan fingerprint density at radius 2 is 1.95 bits per heavy atom. The summed E-state index contributed by atoms with van der Waals surface area (Å²) in [5, 5.41) is 11.1. The molecular weight excluding hydrogens is 282 g/mol. The molecule has 0 aromatic heterocycles. The summed E-state index contributed by atoms with van der Waals surface area (Å²) in [6.45, 7) is 0.672. The molecule has 0 bridgehead atoms. The van der Waals surface area contributed by atoms with E-state index in [1.54, 1.807) is 14.2 Å². The van der Waals surface area contributed by atoms with Gasteiger partial charge in [-0.2, -0.15) is 0 Å². The zero-order valence-corrected chi connectivity index (χ0v) is 13.4. The van der Waals surface area contributed by atoms with Crippen LogP contribution in [0.4, 0.5) is 0 Å². The molecule has 0 saturated heterocycles. The van der Waals surface area contributed by atoms with Gasteiger partial charge in [-0.1, -0.05) is 6.42 Å². The molecule has 1 N–H and O–H groups in total. The summed E-state index contributed by atoms with van der Waals surface area (Å²) < 4.78 is 10.6. The highest BCUT2D eigenvalue weighted by molar-refractivity contribution is 5.65. The third-order valence-corrected chi connectivity index (χ3v) is 4.47. The average Bonchev–Trinajstić information content (AvgIpc) is 2.55. The van der Waals surface area contributed by atoms with E-state index in [0.717, 1.165) is 34.8 Å². The molecule has 1 saturated carbocycles. The molecule has 1 unspecified atom stereocenters. The number of nitrogens with one attached hydrogen (secondary N) is 1. The monoisotopic (exact) mass is 307 g/mol. The minimum atomic E-state index is -0.993. The lowest BCUT2D eigenvalue weighted by molar-refractivity contribution is -0.934. The van der Waals surface area contributed by atoms with Gasteiger partial charge < -0.3 is 24.3 Å². The molecule has 5 nitrogen and oxygen atoms in total. The quantitative estimate of drug-likeness (QED) is 0.780. The Bertz CT molecular complexity index is 497. The maximum Gasteiger partial charge on any atom is 0.131 e. The Kier molecular flexibility index (Phi) is 6.07. The molecule has 122 valence electrons. The van der Waals surface area contributed by atoms with Gasteiger partial charge in [0.2, 0.25) is 0 Å². The molecule has 1 aromatic rings. The molecule has 0 amide bonds. The lowest BCUT2D eigenvalue weighted by atomic mass is 9.93. The second kappa shape index (κ2) is 8.03. The third kappa shape index (κ3) is 4.37. The van der Waals surface area contributed by atoms with Crippen LogP contribution in [0.2, 0.25) is 0 Å². The number of carbonyl (C=O) groups is 1. The van der Waals surface area contributed by atoms with Crippen LogP contribution in [0.1, 0.15) is 37.7 Å². The summed E-state index contributed by atoms with van der Waals surface area (Å²) in [7, 11) is 3.24. The van der Waals surface area contributed by atoms with Gasteiger partial charge in [-0.05, 0) is 37.8 Å². The lowest BCUT2D eigenvalue weighted by Gasteiger charge is -2.32. The Morgan fingerprint density at radius 3 is 2.55 bits per heavy atom. The SMILES string of the molecule is COc1ccc(C[NH+](CC(=O)[O-])C2CCCCC2)c(OC)c1. The molecule has 0 heterocycles. The maximum atomic E-state index is 11.1. The van der Waals surface area contributed by atoms with Gasteiger partial charge in [0, 0.05) is 11.6 Å². The van der Waals surface area contributed by atoms with E-state index < -0.39 is 5.97 Å². The summed E-state index contributed by atoms with van der Waals surface area (Å²) in [5.41, 5.74) is 1.00. The fourth-order valence-electron chi connectivity index (χ4n) is 3.29.